The van der Waals surface area contributed by atoms with Crippen LogP contribution in [0.25, 0.3) is 11.4 Å². The minimum absolute atomic E-state index is 0. The van der Waals surface area contributed by atoms with Gasteiger partial charge in [0.1, 0.15) is 6.54 Å². The van der Waals surface area contributed by atoms with E-state index in [2.05, 4.69) is 25.8 Å². The molecule has 2 aromatic rings. The van der Waals surface area contributed by atoms with Gasteiger partial charge < -0.3 is 25.0 Å². The van der Waals surface area contributed by atoms with Gasteiger partial charge in [0.25, 0.3) is 0 Å². The first-order valence-electron chi connectivity index (χ1n) is 9.43. The molecule has 1 aliphatic rings. The zero-order chi connectivity index (χ0) is 19.8. The maximum absolute atomic E-state index is 9.36. The van der Waals surface area contributed by atoms with Crippen LogP contribution in [0, 0.1) is 5.41 Å². The van der Waals surface area contributed by atoms with Crippen molar-refractivity contribution >= 4 is 41.5 Å². The van der Waals surface area contributed by atoms with Gasteiger partial charge in [0.2, 0.25) is 11.7 Å². The summed E-state index contributed by atoms with van der Waals surface area (Å²) < 4.78 is 10.8. The van der Waals surface area contributed by atoms with Crippen molar-refractivity contribution < 1.29 is 14.4 Å². The summed E-state index contributed by atoms with van der Waals surface area (Å²) in [4.78, 5) is 8.92. The molecule has 0 saturated carbocycles. The first kappa shape index (κ1) is 23.8. The van der Waals surface area contributed by atoms with E-state index in [1.807, 2.05) is 19.1 Å². The Hall–Kier alpha value is -1.43. The summed E-state index contributed by atoms with van der Waals surface area (Å²) in [7, 11) is 0. The zero-order valence-electron chi connectivity index (χ0n) is 16.4. The van der Waals surface area contributed by atoms with Crippen LogP contribution in [0.1, 0.15) is 25.7 Å². The molecule has 29 heavy (non-hydrogen) atoms. The van der Waals surface area contributed by atoms with Gasteiger partial charge in [-0.2, -0.15) is 4.98 Å². The van der Waals surface area contributed by atoms with Crippen molar-refractivity contribution in [3.8, 4) is 11.4 Å². The Balaban J connectivity index is 0.00000300. The Morgan fingerprint density at radius 1 is 1.31 bits per heavy atom. The minimum Gasteiger partial charge on any atom is -0.396 e. The fraction of sp³-hybridized carbons (Fsp3) is 0.526. The van der Waals surface area contributed by atoms with Crippen LogP contribution in [0.3, 0.4) is 0 Å². The van der Waals surface area contributed by atoms with Crippen molar-refractivity contribution in [2.24, 2.45) is 10.4 Å². The van der Waals surface area contributed by atoms with Crippen molar-refractivity contribution in [3.63, 3.8) is 0 Å². The molecule has 0 radical (unpaired) electrons. The number of guanidine groups is 1. The number of aliphatic hydroxyl groups is 1. The summed E-state index contributed by atoms with van der Waals surface area (Å²) in [5, 5.41) is 20.6. The minimum atomic E-state index is -0.0584. The van der Waals surface area contributed by atoms with Gasteiger partial charge in [-0.15, -0.1) is 24.0 Å². The van der Waals surface area contributed by atoms with E-state index in [9.17, 15) is 5.11 Å². The first-order valence-corrected chi connectivity index (χ1v) is 9.81. The van der Waals surface area contributed by atoms with E-state index in [4.69, 9.17) is 20.9 Å². The van der Waals surface area contributed by atoms with E-state index in [1.54, 1.807) is 12.1 Å². The molecule has 1 aromatic heterocycles. The third kappa shape index (κ3) is 6.80. The second-order valence-electron chi connectivity index (χ2n) is 6.84. The molecule has 3 N–H and O–H groups in total. The van der Waals surface area contributed by atoms with Gasteiger partial charge in [-0.1, -0.05) is 16.8 Å². The van der Waals surface area contributed by atoms with Gasteiger partial charge in [0.15, 0.2) is 5.96 Å². The van der Waals surface area contributed by atoms with Crippen LogP contribution in [0.2, 0.25) is 5.02 Å². The average molecular weight is 536 g/mol. The molecule has 1 aliphatic heterocycles. The van der Waals surface area contributed by atoms with Crippen molar-refractivity contribution in [2.45, 2.75) is 26.3 Å². The van der Waals surface area contributed by atoms with E-state index in [1.165, 1.54) is 0 Å². The van der Waals surface area contributed by atoms with Gasteiger partial charge in [-0.05, 0) is 44.0 Å². The fourth-order valence-corrected chi connectivity index (χ4v) is 3.23. The summed E-state index contributed by atoms with van der Waals surface area (Å²) in [5.74, 6) is 1.60. The van der Waals surface area contributed by atoms with Gasteiger partial charge in [0, 0.05) is 42.3 Å². The van der Waals surface area contributed by atoms with Crippen LogP contribution in [0.4, 0.5) is 0 Å². The van der Waals surface area contributed by atoms with Crippen molar-refractivity contribution in [1.82, 2.24) is 20.8 Å². The lowest BCUT2D eigenvalue weighted by atomic mass is 9.84. The number of hydrogen-bond acceptors (Lipinski definition) is 6. The molecule has 1 unspecified atom stereocenters. The second kappa shape index (κ2) is 11.7. The smallest absolute Gasteiger partial charge is 0.248 e. The lowest BCUT2D eigenvalue weighted by Gasteiger charge is -2.27. The predicted molar refractivity (Wildman–Crippen MR) is 123 cm³/mol. The molecule has 160 valence electrons. The number of aromatic nitrogens is 2. The number of aliphatic imine (C=N–C) groups is 1. The number of aliphatic hydroxyl groups excluding tert-OH is 1. The lowest BCUT2D eigenvalue weighted by Crippen LogP contribution is -2.44. The van der Waals surface area contributed by atoms with E-state index in [0.717, 1.165) is 25.1 Å². The average Bonchev–Trinajstić information content (AvgIpc) is 3.35. The van der Waals surface area contributed by atoms with Crippen LogP contribution < -0.4 is 10.6 Å². The van der Waals surface area contributed by atoms with Gasteiger partial charge in [-0.25, -0.2) is 4.99 Å². The van der Waals surface area contributed by atoms with Crippen LogP contribution in [0.5, 0.6) is 0 Å². The summed E-state index contributed by atoms with van der Waals surface area (Å²) >= 11 is 5.91. The zero-order valence-corrected chi connectivity index (χ0v) is 19.4. The van der Waals surface area contributed by atoms with E-state index >= 15 is 0 Å². The number of benzene rings is 1. The Labute approximate surface area is 192 Å². The fourth-order valence-electron chi connectivity index (χ4n) is 3.11. The topological polar surface area (TPSA) is 105 Å². The molecule has 3 rings (SSSR count). The molecule has 1 saturated heterocycles. The SMILES string of the molecule is CCNC(=NCc1nc(-c2ccc(Cl)cc2)no1)NCC1(CCO)CCOC1.I. The largest absolute Gasteiger partial charge is 0.396 e. The van der Waals surface area contributed by atoms with Crippen molar-refractivity contribution in [1.29, 1.82) is 0 Å². The molecule has 0 aliphatic carbocycles. The van der Waals surface area contributed by atoms with Crippen LogP contribution >= 0.6 is 35.6 Å². The van der Waals surface area contributed by atoms with Gasteiger partial charge in [0.05, 0.1) is 6.61 Å². The highest BCUT2D eigenvalue weighted by Crippen LogP contribution is 2.31. The monoisotopic (exact) mass is 535 g/mol. The number of halogens is 2. The molecule has 1 atom stereocenters. The summed E-state index contributed by atoms with van der Waals surface area (Å²) in [6, 6.07) is 7.26. The molecule has 1 fully saturated rings. The highest BCUT2D eigenvalue weighted by atomic mass is 127. The second-order valence-corrected chi connectivity index (χ2v) is 7.28. The maximum Gasteiger partial charge on any atom is 0.248 e. The maximum atomic E-state index is 9.36. The van der Waals surface area contributed by atoms with E-state index < -0.39 is 0 Å². The van der Waals surface area contributed by atoms with Crippen LogP contribution in [-0.2, 0) is 11.3 Å². The first-order chi connectivity index (χ1) is 13.6. The number of nitrogens with zero attached hydrogens (tertiary/aromatic N) is 3. The molecule has 0 spiro atoms. The van der Waals surface area contributed by atoms with E-state index in [-0.39, 0.29) is 42.5 Å². The molecule has 8 nitrogen and oxygen atoms in total. The lowest BCUT2D eigenvalue weighted by molar-refractivity contribution is 0.127. The van der Waals surface area contributed by atoms with Gasteiger partial charge >= 0.3 is 0 Å². The quantitative estimate of drug-likeness (QED) is 0.271. The molecule has 2 heterocycles. The Bertz CT molecular complexity index is 778. The summed E-state index contributed by atoms with van der Waals surface area (Å²) in [6.45, 7) is 5.20. The molecular formula is C19H27ClIN5O3. The molecule has 0 amide bonds. The summed E-state index contributed by atoms with van der Waals surface area (Å²) in [5.41, 5.74) is 0.776. The number of nitrogens with one attached hydrogen (secondary N) is 2. The predicted octanol–water partition coefficient (Wildman–Crippen LogP) is 2.85. The highest BCUT2D eigenvalue weighted by molar-refractivity contribution is 14.0. The highest BCUT2D eigenvalue weighted by Gasteiger charge is 2.34. The number of rotatable bonds is 8. The van der Waals surface area contributed by atoms with Gasteiger partial charge in [-0.3, -0.25) is 0 Å². The van der Waals surface area contributed by atoms with Crippen molar-refractivity contribution in [2.75, 3.05) is 32.9 Å². The molecule has 1 aromatic carbocycles. The number of hydrogen-bond donors (Lipinski definition) is 3. The molecule has 0 bridgehead atoms. The Kier molecular flexibility index (Phi) is 9.60. The standard InChI is InChI=1S/C19H26ClN5O3.HI/c1-2-21-18(23-12-19(7-9-26)8-10-27-13-19)22-11-16-24-17(25-28-16)14-3-5-15(20)6-4-14;/h3-6,26H,2,7-13H2,1H3,(H2,21,22,23);1H. The Morgan fingerprint density at radius 3 is 2.76 bits per heavy atom. The van der Waals surface area contributed by atoms with Crippen LogP contribution in [0.15, 0.2) is 33.8 Å². The summed E-state index contributed by atoms with van der Waals surface area (Å²) in [6.07, 6.45) is 1.63. The molecular weight excluding hydrogens is 509 g/mol. The van der Waals surface area contributed by atoms with E-state index in [0.29, 0.717) is 42.3 Å². The molecule has 10 heteroatoms. The third-order valence-corrected chi connectivity index (χ3v) is 5.00. The number of ether oxygens (including phenoxy) is 1. The third-order valence-electron chi connectivity index (χ3n) is 4.75. The van der Waals surface area contributed by atoms with Crippen molar-refractivity contribution in [3.05, 3.63) is 35.2 Å². The van der Waals surface area contributed by atoms with Crippen LogP contribution in [-0.4, -0.2) is 54.1 Å². The Morgan fingerprint density at radius 2 is 2.10 bits per heavy atom. The normalized spacial score (nSPS) is 19.1.